The van der Waals surface area contributed by atoms with Gasteiger partial charge in [-0.1, -0.05) is 0 Å². The summed E-state index contributed by atoms with van der Waals surface area (Å²) in [6, 6.07) is 0.330. The van der Waals surface area contributed by atoms with E-state index in [1.807, 2.05) is 0 Å². The van der Waals surface area contributed by atoms with Crippen LogP contribution in [0.15, 0.2) is 6.07 Å². The zero-order valence-electron chi connectivity index (χ0n) is 9.88. The average molecular weight is 291 g/mol. The minimum absolute atomic E-state index is 0.124. The third-order valence-electron chi connectivity index (χ3n) is 2.87. The largest absolute Gasteiger partial charge is 0.503 e. The van der Waals surface area contributed by atoms with Gasteiger partial charge in [0, 0.05) is 11.8 Å². The molecule has 0 spiro atoms. The molecule has 2 rings (SSSR count). The third-order valence-corrected chi connectivity index (χ3v) is 4.09. The van der Waals surface area contributed by atoms with Crippen molar-refractivity contribution in [3.8, 4) is 5.75 Å². The molecule has 19 heavy (non-hydrogen) atoms. The molecule has 2 N–H and O–H groups in total. The summed E-state index contributed by atoms with van der Waals surface area (Å²) in [6.07, 6.45) is 1.69. The number of benzene rings is 1. The van der Waals surface area contributed by atoms with E-state index >= 15 is 0 Å². The van der Waals surface area contributed by atoms with E-state index in [0.29, 0.717) is 11.8 Å². The molecule has 104 valence electrons. The second-order valence-electron chi connectivity index (χ2n) is 4.27. The Balaban J connectivity index is 2.19. The molecule has 1 aromatic rings. The molecule has 1 heterocycles. The second kappa shape index (κ2) is 5.73. The fourth-order valence-corrected chi connectivity index (χ4v) is 2.95. The van der Waals surface area contributed by atoms with Crippen molar-refractivity contribution in [1.82, 2.24) is 5.32 Å². The maximum absolute atomic E-state index is 13.5. The van der Waals surface area contributed by atoms with Gasteiger partial charge in [-0.2, -0.15) is 16.2 Å². The first-order valence-electron chi connectivity index (χ1n) is 5.75. The van der Waals surface area contributed by atoms with Crippen LogP contribution in [0.5, 0.6) is 5.75 Å². The van der Waals surface area contributed by atoms with Crippen molar-refractivity contribution in [2.45, 2.75) is 18.9 Å². The lowest BCUT2D eigenvalue weighted by molar-refractivity contribution is 0.0932. The Hall–Kier alpha value is -1.37. The van der Waals surface area contributed by atoms with Crippen molar-refractivity contribution in [2.75, 3.05) is 11.5 Å². The Morgan fingerprint density at radius 3 is 2.74 bits per heavy atom. The minimum Gasteiger partial charge on any atom is -0.503 e. The number of rotatable bonds is 2. The van der Waals surface area contributed by atoms with Crippen molar-refractivity contribution in [3.05, 3.63) is 29.1 Å². The number of aromatic hydroxyl groups is 1. The summed E-state index contributed by atoms with van der Waals surface area (Å²) >= 11 is 1.66. The highest BCUT2D eigenvalue weighted by atomic mass is 32.2. The predicted octanol–water partition coefficient (Wildman–Crippen LogP) is 2.43. The molecule has 1 aliphatic heterocycles. The van der Waals surface area contributed by atoms with Crippen LogP contribution >= 0.6 is 11.8 Å². The van der Waals surface area contributed by atoms with Crippen molar-refractivity contribution in [3.63, 3.8) is 0 Å². The Bertz CT molecular complexity index is 504. The first-order valence-corrected chi connectivity index (χ1v) is 6.91. The third kappa shape index (κ3) is 2.97. The number of hydrogen-bond acceptors (Lipinski definition) is 3. The first kappa shape index (κ1) is 14.0. The van der Waals surface area contributed by atoms with Crippen LogP contribution in [0.25, 0.3) is 0 Å². The van der Waals surface area contributed by atoms with Crippen LogP contribution in [0.3, 0.4) is 0 Å². The Labute approximate surface area is 112 Å². The zero-order chi connectivity index (χ0) is 14.0. The quantitative estimate of drug-likeness (QED) is 0.823. The first-order chi connectivity index (χ1) is 9.00. The molecule has 7 heteroatoms. The van der Waals surface area contributed by atoms with Crippen molar-refractivity contribution < 1.29 is 23.1 Å². The smallest absolute Gasteiger partial charge is 0.254 e. The molecule has 0 saturated carbocycles. The number of carbonyl (C=O) groups excluding carboxylic acids is 1. The molecule has 1 atom stereocenters. The number of phenolic OH excluding ortho intramolecular Hbond substituents is 1. The van der Waals surface area contributed by atoms with Crippen molar-refractivity contribution >= 4 is 17.7 Å². The van der Waals surface area contributed by atoms with Crippen LogP contribution in [0.4, 0.5) is 13.2 Å². The minimum atomic E-state index is -1.69. The monoisotopic (exact) mass is 291 g/mol. The van der Waals surface area contributed by atoms with Crippen LogP contribution in [-0.4, -0.2) is 28.6 Å². The van der Waals surface area contributed by atoms with E-state index in [-0.39, 0.29) is 6.04 Å². The summed E-state index contributed by atoms with van der Waals surface area (Å²) < 4.78 is 39.5. The molecule has 1 amide bonds. The summed E-state index contributed by atoms with van der Waals surface area (Å²) in [5, 5.41) is 11.6. The molecule has 1 fully saturated rings. The fraction of sp³-hybridized carbons (Fsp3) is 0.417. The lowest BCUT2D eigenvalue weighted by Gasteiger charge is -2.22. The van der Waals surface area contributed by atoms with Gasteiger partial charge in [0.1, 0.15) is 0 Å². The normalized spacial score (nSPS) is 19.2. The van der Waals surface area contributed by atoms with Crippen LogP contribution in [0.1, 0.15) is 23.2 Å². The van der Waals surface area contributed by atoms with E-state index in [0.717, 1.165) is 18.6 Å². The highest BCUT2D eigenvalue weighted by molar-refractivity contribution is 7.99. The SMILES string of the molecule is O=C(NC1CCCSC1)c1cc(F)c(F)c(O)c1F. The Kier molecular flexibility index (Phi) is 4.24. The summed E-state index contributed by atoms with van der Waals surface area (Å²) in [5.41, 5.74) is -0.688. The van der Waals surface area contributed by atoms with Crippen LogP contribution in [-0.2, 0) is 0 Å². The molecule has 1 aromatic carbocycles. The van der Waals surface area contributed by atoms with Gasteiger partial charge >= 0.3 is 0 Å². The summed E-state index contributed by atoms with van der Waals surface area (Å²) in [5.74, 6) is -5.21. The average Bonchev–Trinajstić information content (AvgIpc) is 2.41. The number of phenols is 1. The van der Waals surface area contributed by atoms with Crippen LogP contribution in [0.2, 0.25) is 0 Å². The second-order valence-corrected chi connectivity index (χ2v) is 5.42. The van der Waals surface area contributed by atoms with E-state index in [1.54, 1.807) is 11.8 Å². The molecule has 0 aliphatic carbocycles. The summed E-state index contributed by atoms with van der Waals surface area (Å²) in [6.45, 7) is 0. The molecule has 3 nitrogen and oxygen atoms in total. The maximum Gasteiger partial charge on any atom is 0.254 e. The van der Waals surface area contributed by atoms with Gasteiger partial charge in [-0.3, -0.25) is 4.79 Å². The molecule has 1 saturated heterocycles. The highest BCUT2D eigenvalue weighted by Crippen LogP contribution is 2.26. The lowest BCUT2D eigenvalue weighted by Crippen LogP contribution is -2.38. The number of carbonyl (C=O) groups is 1. The van der Waals surface area contributed by atoms with E-state index in [1.165, 1.54) is 0 Å². The van der Waals surface area contributed by atoms with Crippen molar-refractivity contribution in [1.29, 1.82) is 0 Å². The van der Waals surface area contributed by atoms with E-state index in [4.69, 9.17) is 5.11 Å². The van der Waals surface area contributed by atoms with Crippen LogP contribution in [0, 0.1) is 17.5 Å². The van der Waals surface area contributed by atoms with Gasteiger partial charge in [-0.05, 0) is 24.7 Å². The molecular formula is C12H12F3NO2S. The molecule has 0 radical (unpaired) electrons. The van der Waals surface area contributed by atoms with Crippen LogP contribution < -0.4 is 5.32 Å². The van der Waals surface area contributed by atoms with Crippen molar-refractivity contribution in [2.24, 2.45) is 0 Å². The zero-order valence-corrected chi connectivity index (χ0v) is 10.7. The highest BCUT2D eigenvalue weighted by Gasteiger charge is 2.24. The molecule has 0 aromatic heterocycles. The van der Waals surface area contributed by atoms with Gasteiger partial charge < -0.3 is 10.4 Å². The Morgan fingerprint density at radius 1 is 1.37 bits per heavy atom. The maximum atomic E-state index is 13.5. The van der Waals surface area contributed by atoms with Gasteiger partial charge in [0.25, 0.3) is 5.91 Å². The summed E-state index contributed by atoms with van der Waals surface area (Å²) in [7, 11) is 0. The number of thioether (sulfide) groups is 1. The summed E-state index contributed by atoms with van der Waals surface area (Å²) in [4.78, 5) is 11.8. The van der Waals surface area contributed by atoms with E-state index < -0.39 is 34.7 Å². The van der Waals surface area contributed by atoms with E-state index in [2.05, 4.69) is 5.32 Å². The predicted molar refractivity (Wildman–Crippen MR) is 65.8 cm³/mol. The van der Waals surface area contributed by atoms with Gasteiger partial charge in [0.05, 0.1) is 5.56 Å². The Morgan fingerprint density at radius 2 is 2.11 bits per heavy atom. The molecule has 1 aliphatic rings. The van der Waals surface area contributed by atoms with Gasteiger partial charge in [0.15, 0.2) is 17.4 Å². The molecule has 0 bridgehead atoms. The number of amides is 1. The molecule has 1 unspecified atom stereocenters. The number of hydrogen-bond donors (Lipinski definition) is 2. The fourth-order valence-electron chi connectivity index (χ4n) is 1.87. The van der Waals surface area contributed by atoms with Gasteiger partial charge in [0.2, 0.25) is 5.82 Å². The van der Waals surface area contributed by atoms with E-state index in [9.17, 15) is 18.0 Å². The topological polar surface area (TPSA) is 49.3 Å². The van der Waals surface area contributed by atoms with Gasteiger partial charge in [-0.25, -0.2) is 8.78 Å². The standard InChI is InChI=1S/C12H12F3NO2S/c13-8-4-7(9(14)11(17)10(8)15)12(18)16-6-2-1-3-19-5-6/h4,6,17H,1-3,5H2,(H,16,18). The lowest BCUT2D eigenvalue weighted by atomic mass is 10.1. The number of nitrogens with one attached hydrogen (secondary N) is 1. The number of halogens is 3. The molecular weight excluding hydrogens is 279 g/mol. The van der Waals surface area contributed by atoms with Gasteiger partial charge in [-0.15, -0.1) is 0 Å².